The van der Waals surface area contributed by atoms with Crippen molar-refractivity contribution in [2.45, 2.75) is 26.4 Å². The largest absolute Gasteiger partial charge is 0.444 e. The third kappa shape index (κ3) is 5.98. The molecule has 0 spiro atoms. The lowest BCUT2D eigenvalue weighted by Gasteiger charge is -2.35. The van der Waals surface area contributed by atoms with Gasteiger partial charge in [0.1, 0.15) is 5.60 Å². The van der Waals surface area contributed by atoms with Gasteiger partial charge in [-0.25, -0.2) is 4.79 Å². The van der Waals surface area contributed by atoms with Crippen LogP contribution >= 0.6 is 15.9 Å². The number of hydrogen-bond acceptors (Lipinski definition) is 4. The average Bonchev–Trinajstić information content (AvgIpc) is 2.58. The predicted octanol–water partition coefficient (Wildman–Crippen LogP) is 3.27. The van der Waals surface area contributed by atoms with E-state index in [1.54, 1.807) is 34.1 Å². The van der Waals surface area contributed by atoms with Gasteiger partial charge in [0.05, 0.1) is 0 Å². The van der Waals surface area contributed by atoms with Gasteiger partial charge >= 0.3 is 6.09 Å². The first-order valence-corrected chi connectivity index (χ1v) is 9.20. The number of ether oxygens (including phenoxy) is 1. The lowest BCUT2D eigenvalue weighted by Crippen LogP contribution is -2.51. The van der Waals surface area contributed by atoms with Crippen molar-refractivity contribution < 1.29 is 19.1 Å². The monoisotopic (exact) mass is 422 g/mol. The summed E-state index contributed by atoms with van der Waals surface area (Å²) >= 11 is 3.31. The van der Waals surface area contributed by atoms with E-state index in [9.17, 15) is 14.4 Å². The van der Waals surface area contributed by atoms with Crippen LogP contribution in [0, 0.1) is 0 Å². The Bertz CT molecular complexity index is 699. The highest BCUT2D eigenvalue weighted by atomic mass is 79.9. The maximum absolute atomic E-state index is 12.2. The van der Waals surface area contributed by atoms with Gasteiger partial charge in [-0.1, -0.05) is 15.9 Å². The van der Waals surface area contributed by atoms with Crippen molar-refractivity contribution in [2.75, 3.05) is 26.2 Å². The van der Waals surface area contributed by atoms with Crippen molar-refractivity contribution in [2.24, 2.45) is 0 Å². The van der Waals surface area contributed by atoms with Gasteiger partial charge in [-0.3, -0.25) is 9.59 Å². The lowest BCUT2D eigenvalue weighted by atomic mass is 10.1. The van der Waals surface area contributed by atoms with Gasteiger partial charge in [0.15, 0.2) is 5.78 Å². The minimum absolute atomic E-state index is 0.224. The van der Waals surface area contributed by atoms with Crippen LogP contribution in [-0.4, -0.2) is 59.4 Å². The first-order chi connectivity index (χ1) is 12.2. The van der Waals surface area contributed by atoms with Crippen LogP contribution in [0.25, 0.3) is 0 Å². The summed E-state index contributed by atoms with van der Waals surface area (Å²) in [4.78, 5) is 39.5. The van der Waals surface area contributed by atoms with Gasteiger partial charge in [0.2, 0.25) is 5.91 Å². The summed E-state index contributed by atoms with van der Waals surface area (Å²) in [5.41, 5.74) is -0.0211. The SMILES string of the molecule is CC(C)(C)OC(=O)N1CCN(C(=O)/C=C/C(=O)c2ccc(Br)cc2)CC1. The fourth-order valence-electron chi connectivity index (χ4n) is 2.40. The molecule has 140 valence electrons. The molecule has 0 unspecified atom stereocenters. The van der Waals surface area contributed by atoms with E-state index in [1.165, 1.54) is 12.2 Å². The molecule has 1 saturated heterocycles. The zero-order chi connectivity index (χ0) is 19.3. The van der Waals surface area contributed by atoms with E-state index < -0.39 is 5.60 Å². The molecule has 1 heterocycles. The van der Waals surface area contributed by atoms with Crippen molar-refractivity contribution in [3.05, 3.63) is 46.5 Å². The number of allylic oxidation sites excluding steroid dienone is 1. The zero-order valence-electron chi connectivity index (χ0n) is 15.2. The van der Waals surface area contributed by atoms with Crippen LogP contribution in [0.2, 0.25) is 0 Å². The molecule has 0 saturated carbocycles. The van der Waals surface area contributed by atoms with Gasteiger partial charge < -0.3 is 14.5 Å². The van der Waals surface area contributed by atoms with E-state index in [-0.39, 0.29) is 17.8 Å². The van der Waals surface area contributed by atoms with E-state index >= 15 is 0 Å². The third-order valence-electron chi connectivity index (χ3n) is 3.75. The van der Waals surface area contributed by atoms with E-state index in [0.717, 1.165) is 4.47 Å². The van der Waals surface area contributed by atoms with Crippen molar-refractivity contribution in [3.63, 3.8) is 0 Å². The lowest BCUT2D eigenvalue weighted by molar-refractivity contribution is -0.127. The molecule has 7 heteroatoms. The Labute approximate surface area is 161 Å². The summed E-state index contributed by atoms with van der Waals surface area (Å²) < 4.78 is 6.22. The Morgan fingerprint density at radius 2 is 1.50 bits per heavy atom. The van der Waals surface area contributed by atoms with E-state index in [2.05, 4.69) is 15.9 Å². The number of carbonyl (C=O) groups is 3. The number of carbonyl (C=O) groups excluding carboxylic acids is 3. The topological polar surface area (TPSA) is 66.9 Å². The Morgan fingerprint density at radius 1 is 0.962 bits per heavy atom. The van der Waals surface area contributed by atoms with Gasteiger partial charge in [0.25, 0.3) is 0 Å². The summed E-state index contributed by atoms with van der Waals surface area (Å²) in [6, 6.07) is 6.94. The quantitative estimate of drug-likeness (QED) is 0.553. The first-order valence-electron chi connectivity index (χ1n) is 8.40. The molecule has 0 radical (unpaired) electrons. The summed E-state index contributed by atoms with van der Waals surface area (Å²) in [6.45, 7) is 7.10. The molecule has 1 aliphatic heterocycles. The molecule has 0 aromatic heterocycles. The van der Waals surface area contributed by atoms with Crippen LogP contribution in [0.15, 0.2) is 40.9 Å². The molecule has 26 heavy (non-hydrogen) atoms. The molecule has 1 aromatic rings. The average molecular weight is 423 g/mol. The number of hydrogen-bond donors (Lipinski definition) is 0. The van der Waals surface area contributed by atoms with Crippen LogP contribution in [0.4, 0.5) is 4.79 Å². The summed E-state index contributed by atoms with van der Waals surface area (Å²) in [6.07, 6.45) is 2.20. The summed E-state index contributed by atoms with van der Waals surface area (Å²) in [5, 5.41) is 0. The molecule has 1 aliphatic rings. The second kappa shape index (κ2) is 8.49. The van der Waals surface area contributed by atoms with Crippen molar-refractivity contribution >= 4 is 33.7 Å². The molecule has 6 nitrogen and oxygen atoms in total. The molecule has 2 rings (SSSR count). The summed E-state index contributed by atoms with van der Waals surface area (Å²) in [7, 11) is 0. The fourth-order valence-corrected chi connectivity index (χ4v) is 2.66. The van der Waals surface area contributed by atoms with Crippen LogP contribution in [0.1, 0.15) is 31.1 Å². The standard InChI is InChI=1S/C19H23BrN2O4/c1-19(2,3)26-18(25)22-12-10-21(11-13-22)17(24)9-8-16(23)14-4-6-15(20)7-5-14/h4-9H,10-13H2,1-3H3/b9-8+. The van der Waals surface area contributed by atoms with Crippen LogP contribution < -0.4 is 0 Å². The second-order valence-corrected chi connectivity index (χ2v) is 7.91. The second-order valence-electron chi connectivity index (χ2n) is 7.00. The van der Waals surface area contributed by atoms with Gasteiger partial charge in [0, 0.05) is 42.3 Å². The minimum atomic E-state index is -0.542. The molecule has 1 aromatic carbocycles. The van der Waals surface area contributed by atoms with Crippen LogP contribution in [-0.2, 0) is 9.53 Å². The maximum atomic E-state index is 12.2. The highest BCUT2D eigenvalue weighted by molar-refractivity contribution is 9.10. The normalized spacial score (nSPS) is 15.2. The van der Waals surface area contributed by atoms with Crippen LogP contribution in [0.5, 0.6) is 0 Å². The van der Waals surface area contributed by atoms with Gasteiger partial charge in [-0.2, -0.15) is 0 Å². The van der Waals surface area contributed by atoms with Crippen molar-refractivity contribution in [1.29, 1.82) is 0 Å². The highest BCUT2D eigenvalue weighted by Crippen LogP contribution is 2.13. The number of piperazine rings is 1. The first kappa shape index (κ1) is 20.2. The minimum Gasteiger partial charge on any atom is -0.444 e. The number of amides is 2. The smallest absolute Gasteiger partial charge is 0.410 e. The molecule has 1 fully saturated rings. The number of rotatable bonds is 3. The van der Waals surface area contributed by atoms with Crippen molar-refractivity contribution in [3.8, 4) is 0 Å². The summed E-state index contributed by atoms with van der Waals surface area (Å²) in [5.74, 6) is -0.461. The molecule has 0 atom stereocenters. The molecule has 0 aliphatic carbocycles. The molecule has 2 amide bonds. The van der Waals surface area contributed by atoms with E-state index in [1.807, 2.05) is 20.8 Å². The third-order valence-corrected chi connectivity index (χ3v) is 4.28. The Kier molecular flexibility index (Phi) is 6.58. The molecular weight excluding hydrogens is 400 g/mol. The number of halogens is 1. The predicted molar refractivity (Wildman–Crippen MR) is 102 cm³/mol. The Balaban J connectivity index is 1.85. The van der Waals surface area contributed by atoms with Crippen LogP contribution in [0.3, 0.4) is 0 Å². The molecule has 0 bridgehead atoms. The van der Waals surface area contributed by atoms with E-state index in [0.29, 0.717) is 31.7 Å². The number of benzene rings is 1. The highest BCUT2D eigenvalue weighted by Gasteiger charge is 2.27. The fraction of sp³-hybridized carbons (Fsp3) is 0.421. The Hall–Kier alpha value is -2.15. The van der Waals surface area contributed by atoms with Gasteiger partial charge in [-0.15, -0.1) is 0 Å². The van der Waals surface area contributed by atoms with Crippen molar-refractivity contribution in [1.82, 2.24) is 9.80 Å². The maximum Gasteiger partial charge on any atom is 0.410 e. The number of ketones is 1. The van der Waals surface area contributed by atoms with E-state index in [4.69, 9.17) is 4.74 Å². The van der Waals surface area contributed by atoms with Gasteiger partial charge in [-0.05, 0) is 51.1 Å². The Morgan fingerprint density at radius 3 is 2.04 bits per heavy atom. The zero-order valence-corrected chi connectivity index (χ0v) is 16.8. The number of nitrogens with zero attached hydrogens (tertiary/aromatic N) is 2. The molecule has 0 N–H and O–H groups in total. The molecular formula is C19H23BrN2O4.